The normalized spacial score (nSPS) is 14.4. The number of hydrogen-bond acceptors (Lipinski definition) is 4. The molecule has 0 aromatic heterocycles. The van der Waals surface area contributed by atoms with Gasteiger partial charge in [0.15, 0.2) is 0 Å². The third-order valence-electron chi connectivity index (χ3n) is 10.2. The van der Waals surface area contributed by atoms with Crippen LogP contribution in [-0.2, 0) is 19.1 Å². The average Bonchev–Trinajstić information content (AvgIpc) is 3.55. The van der Waals surface area contributed by atoms with Crippen molar-refractivity contribution < 1.29 is 19.1 Å². The molecule has 0 aliphatic heterocycles. The van der Waals surface area contributed by atoms with Gasteiger partial charge in [0.25, 0.3) is 0 Å². The third-order valence-corrected chi connectivity index (χ3v) is 10.2. The van der Waals surface area contributed by atoms with Crippen molar-refractivity contribution in [2.24, 2.45) is 0 Å². The molecular formula is C44H80O4. The molecule has 0 heterocycles. The largest absolute Gasteiger partial charge is 0.461 e. The molecule has 0 amide bonds. The SMILES string of the molecule is CCCCCCCCCCCCCCC/C=C/COC(=O)CCC(=O)OC1(/C=C/CCCCCCCCCCCCCCC)CCCC1. The molecule has 48 heavy (non-hydrogen) atoms. The van der Waals surface area contributed by atoms with Crippen molar-refractivity contribution in [3.63, 3.8) is 0 Å². The summed E-state index contributed by atoms with van der Waals surface area (Å²) < 4.78 is 11.3. The molecule has 4 heteroatoms. The van der Waals surface area contributed by atoms with E-state index >= 15 is 0 Å². The van der Waals surface area contributed by atoms with Gasteiger partial charge < -0.3 is 9.47 Å². The summed E-state index contributed by atoms with van der Waals surface area (Å²) >= 11 is 0. The Labute approximate surface area is 299 Å². The van der Waals surface area contributed by atoms with Gasteiger partial charge in [0.2, 0.25) is 0 Å². The van der Waals surface area contributed by atoms with E-state index < -0.39 is 5.60 Å². The van der Waals surface area contributed by atoms with E-state index in [1.165, 1.54) is 167 Å². The first-order chi connectivity index (χ1) is 23.6. The summed E-state index contributed by atoms with van der Waals surface area (Å²) in [6.45, 7) is 4.85. The molecule has 0 radical (unpaired) electrons. The highest BCUT2D eigenvalue weighted by atomic mass is 16.6. The predicted octanol–water partition coefficient (Wildman–Crippen LogP) is 14.2. The fourth-order valence-corrected chi connectivity index (χ4v) is 7.02. The quantitative estimate of drug-likeness (QED) is 0.0382. The zero-order valence-corrected chi connectivity index (χ0v) is 32.2. The number of rotatable bonds is 35. The Morgan fingerprint density at radius 3 is 1.29 bits per heavy atom. The van der Waals surface area contributed by atoms with Crippen molar-refractivity contribution in [2.75, 3.05) is 6.61 Å². The minimum Gasteiger partial charge on any atom is -0.461 e. The number of allylic oxidation sites excluding steroid dienone is 2. The lowest BCUT2D eigenvalue weighted by Gasteiger charge is -2.25. The van der Waals surface area contributed by atoms with Crippen molar-refractivity contribution >= 4 is 11.9 Å². The van der Waals surface area contributed by atoms with Gasteiger partial charge >= 0.3 is 11.9 Å². The Hall–Kier alpha value is -1.58. The molecule has 1 fully saturated rings. The number of carbonyl (C=O) groups is 2. The second-order valence-electron chi connectivity index (χ2n) is 14.9. The second-order valence-corrected chi connectivity index (χ2v) is 14.9. The lowest BCUT2D eigenvalue weighted by atomic mass is 10.00. The monoisotopic (exact) mass is 673 g/mol. The maximum atomic E-state index is 12.6. The van der Waals surface area contributed by atoms with Crippen LogP contribution in [0.2, 0.25) is 0 Å². The average molecular weight is 673 g/mol. The Kier molecular flexibility index (Phi) is 31.4. The molecule has 0 N–H and O–H groups in total. The molecule has 1 aliphatic rings. The van der Waals surface area contributed by atoms with E-state index in [-0.39, 0.29) is 31.4 Å². The molecule has 0 bridgehead atoms. The summed E-state index contributed by atoms with van der Waals surface area (Å²) in [6.07, 6.45) is 50.2. The fraction of sp³-hybridized carbons (Fsp3) is 0.864. The smallest absolute Gasteiger partial charge is 0.307 e. The maximum absolute atomic E-state index is 12.6. The number of hydrogen-bond donors (Lipinski definition) is 0. The first-order valence-corrected chi connectivity index (χ1v) is 21.3. The summed E-state index contributed by atoms with van der Waals surface area (Å²) in [4.78, 5) is 24.8. The van der Waals surface area contributed by atoms with Crippen LogP contribution in [0.1, 0.15) is 232 Å². The first kappa shape index (κ1) is 44.4. The summed E-state index contributed by atoms with van der Waals surface area (Å²) in [6, 6.07) is 0. The zero-order chi connectivity index (χ0) is 34.6. The highest BCUT2D eigenvalue weighted by Gasteiger charge is 2.35. The fourth-order valence-electron chi connectivity index (χ4n) is 7.02. The van der Waals surface area contributed by atoms with E-state index in [1.807, 2.05) is 6.08 Å². The van der Waals surface area contributed by atoms with Crippen LogP contribution < -0.4 is 0 Å². The lowest BCUT2D eigenvalue weighted by Crippen LogP contribution is -2.30. The molecule has 0 atom stereocenters. The molecule has 0 aromatic carbocycles. The summed E-state index contributed by atoms with van der Waals surface area (Å²) in [5, 5.41) is 0. The lowest BCUT2D eigenvalue weighted by molar-refractivity contribution is -0.157. The van der Waals surface area contributed by atoms with E-state index in [1.54, 1.807) is 0 Å². The molecule has 4 nitrogen and oxygen atoms in total. The number of carbonyl (C=O) groups excluding carboxylic acids is 2. The zero-order valence-electron chi connectivity index (χ0n) is 32.2. The third kappa shape index (κ3) is 28.3. The van der Waals surface area contributed by atoms with Gasteiger partial charge in [0.05, 0.1) is 12.8 Å². The van der Waals surface area contributed by atoms with Crippen molar-refractivity contribution in [1.29, 1.82) is 0 Å². The van der Waals surface area contributed by atoms with Gasteiger partial charge in [-0.2, -0.15) is 0 Å². The summed E-state index contributed by atoms with van der Waals surface area (Å²) in [5.41, 5.74) is -0.464. The summed E-state index contributed by atoms with van der Waals surface area (Å²) in [7, 11) is 0. The standard InChI is InChI=1S/C44H80O4/c1-3-5-7-9-11-13-15-17-19-21-23-25-27-29-31-35-41-47-42(45)36-37-43(46)48-44(39-33-34-40-44)38-32-30-28-26-24-22-20-18-16-14-12-10-8-6-4-2/h31-32,35,38H,3-30,33-34,36-37,39-41H2,1-2H3/b35-31+,38-32+. The van der Waals surface area contributed by atoms with Crippen molar-refractivity contribution in [1.82, 2.24) is 0 Å². The highest BCUT2D eigenvalue weighted by molar-refractivity contribution is 5.78. The molecule has 1 saturated carbocycles. The van der Waals surface area contributed by atoms with Crippen molar-refractivity contribution in [3.05, 3.63) is 24.3 Å². The number of ether oxygens (including phenoxy) is 2. The van der Waals surface area contributed by atoms with E-state index in [4.69, 9.17) is 9.47 Å². The van der Waals surface area contributed by atoms with Crippen LogP contribution in [0.25, 0.3) is 0 Å². The first-order valence-electron chi connectivity index (χ1n) is 21.3. The van der Waals surface area contributed by atoms with Crippen LogP contribution in [0.15, 0.2) is 24.3 Å². The van der Waals surface area contributed by atoms with E-state index in [9.17, 15) is 9.59 Å². The molecule has 0 unspecified atom stereocenters. The second kappa shape index (κ2) is 33.9. The molecule has 0 aromatic rings. The molecule has 1 aliphatic carbocycles. The van der Waals surface area contributed by atoms with Gasteiger partial charge in [-0.15, -0.1) is 0 Å². The van der Waals surface area contributed by atoms with Crippen LogP contribution in [0.5, 0.6) is 0 Å². The van der Waals surface area contributed by atoms with Gasteiger partial charge in [-0.1, -0.05) is 186 Å². The maximum Gasteiger partial charge on any atom is 0.307 e. The molecule has 280 valence electrons. The minimum atomic E-state index is -0.464. The van der Waals surface area contributed by atoms with Gasteiger partial charge in [-0.25, -0.2) is 0 Å². The van der Waals surface area contributed by atoms with Crippen molar-refractivity contribution in [3.8, 4) is 0 Å². The molecular weight excluding hydrogens is 592 g/mol. The van der Waals surface area contributed by atoms with E-state index in [0.717, 1.165) is 38.5 Å². The van der Waals surface area contributed by atoms with Crippen LogP contribution in [-0.4, -0.2) is 24.1 Å². The Bertz CT molecular complexity index is 779. The van der Waals surface area contributed by atoms with Crippen LogP contribution in [0.3, 0.4) is 0 Å². The highest BCUT2D eigenvalue weighted by Crippen LogP contribution is 2.35. The van der Waals surface area contributed by atoms with Gasteiger partial charge in [-0.05, 0) is 57.4 Å². The Morgan fingerprint density at radius 1 is 0.479 bits per heavy atom. The van der Waals surface area contributed by atoms with Crippen LogP contribution in [0.4, 0.5) is 0 Å². The number of unbranched alkanes of at least 4 members (excludes halogenated alkanes) is 26. The van der Waals surface area contributed by atoms with Crippen LogP contribution in [0, 0.1) is 0 Å². The topological polar surface area (TPSA) is 52.6 Å². The van der Waals surface area contributed by atoms with Crippen LogP contribution >= 0.6 is 0 Å². The number of esters is 2. The van der Waals surface area contributed by atoms with Gasteiger partial charge in [0.1, 0.15) is 12.2 Å². The van der Waals surface area contributed by atoms with Crippen molar-refractivity contribution in [2.45, 2.75) is 238 Å². The Morgan fingerprint density at radius 2 is 0.854 bits per heavy atom. The summed E-state index contributed by atoms with van der Waals surface area (Å²) in [5.74, 6) is -0.603. The molecule has 1 rings (SSSR count). The van der Waals surface area contributed by atoms with E-state index in [2.05, 4.69) is 32.1 Å². The van der Waals surface area contributed by atoms with Gasteiger partial charge in [-0.3, -0.25) is 9.59 Å². The van der Waals surface area contributed by atoms with Gasteiger partial charge in [0, 0.05) is 0 Å². The molecule has 0 spiro atoms. The minimum absolute atomic E-state index is 0.0876. The predicted molar refractivity (Wildman–Crippen MR) is 206 cm³/mol. The van der Waals surface area contributed by atoms with E-state index in [0.29, 0.717) is 0 Å². The Balaban J connectivity index is 2.00. The molecule has 0 saturated heterocycles.